The number of nitrogens with one attached hydrogen (secondary N) is 2. The molecule has 0 saturated heterocycles. The summed E-state index contributed by atoms with van der Waals surface area (Å²) in [5.74, 6) is 0. The maximum absolute atomic E-state index is 4.35. The van der Waals surface area contributed by atoms with Crippen LogP contribution in [0.4, 0.5) is 5.13 Å². The van der Waals surface area contributed by atoms with E-state index in [-0.39, 0.29) is 0 Å². The first-order chi connectivity index (χ1) is 7.75. The smallest absolute Gasteiger partial charge is 0.182 e. The van der Waals surface area contributed by atoms with Crippen LogP contribution in [0.3, 0.4) is 0 Å². The first kappa shape index (κ1) is 11.1. The molecule has 5 heteroatoms. The second kappa shape index (κ2) is 5.12. The van der Waals surface area contributed by atoms with E-state index in [1.165, 1.54) is 11.3 Å². The molecule has 4 nitrogen and oxygen atoms in total. The molecule has 0 fully saturated rings. The number of thiazole rings is 1. The molecule has 0 aliphatic carbocycles. The molecule has 0 unspecified atom stereocenters. The van der Waals surface area contributed by atoms with Gasteiger partial charge in [0.15, 0.2) is 5.13 Å². The molecule has 2 aromatic heterocycles. The molecule has 0 aliphatic heterocycles. The quantitative estimate of drug-likeness (QED) is 0.784. The largest absolute Gasteiger partial charge is 0.362 e. The van der Waals surface area contributed by atoms with Crippen LogP contribution in [-0.2, 0) is 6.42 Å². The molecule has 2 rings (SSSR count). The summed E-state index contributed by atoms with van der Waals surface area (Å²) in [6.45, 7) is 5.02. The number of rotatable bonds is 5. The molecule has 16 heavy (non-hydrogen) atoms. The number of aromatic nitrogens is 3. The molecule has 0 saturated carbocycles. The second-order valence-corrected chi connectivity index (χ2v) is 4.70. The Hall–Kier alpha value is -1.36. The van der Waals surface area contributed by atoms with Crippen LogP contribution in [0, 0.1) is 13.8 Å². The summed E-state index contributed by atoms with van der Waals surface area (Å²) in [6, 6.07) is 0. The summed E-state index contributed by atoms with van der Waals surface area (Å²) in [5, 5.41) is 13.4. The van der Waals surface area contributed by atoms with Gasteiger partial charge >= 0.3 is 0 Å². The van der Waals surface area contributed by atoms with E-state index >= 15 is 0 Å². The lowest BCUT2D eigenvalue weighted by atomic mass is 10.1. The monoisotopic (exact) mass is 236 g/mol. The van der Waals surface area contributed by atoms with Gasteiger partial charge in [-0.1, -0.05) is 0 Å². The van der Waals surface area contributed by atoms with Gasteiger partial charge < -0.3 is 5.32 Å². The lowest BCUT2D eigenvalue weighted by Gasteiger charge is -2.01. The molecule has 0 aromatic carbocycles. The van der Waals surface area contributed by atoms with Crippen molar-refractivity contribution in [2.24, 2.45) is 0 Å². The van der Waals surface area contributed by atoms with Crippen LogP contribution in [0.25, 0.3) is 0 Å². The summed E-state index contributed by atoms with van der Waals surface area (Å²) in [6.07, 6.45) is 4.06. The van der Waals surface area contributed by atoms with Crippen molar-refractivity contribution in [3.8, 4) is 0 Å². The van der Waals surface area contributed by atoms with E-state index in [4.69, 9.17) is 0 Å². The van der Waals surface area contributed by atoms with Gasteiger partial charge in [-0.3, -0.25) is 5.10 Å². The van der Waals surface area contributed by atoms with Crippen molar-refractivity contribution in [3.63, 3.8) is 0 Å². The maximum Gasteiger partial charge on any atom is 0.182 e. The molecule has 86 valence electrons. The molecular formula is C11H16N4S. The van der Waals surface area contributed by atoms with Crippen molar-refractivity contribution >= 4 is 16.5 Å². The summed E-state index contributed by atoms with van der Waals surface area (Å²) in [5.41, 5.74) is 3.56. The SMILES string of the molecule is Cc1csc(NCCCc2cn[nH]c2C)n1. The summed E-state index contributed by atoms with van der Waals surface area (Å²) in [7, 11) is 0. The molecule has 2 N–H and O–H groups in total. The molecule has 0 atom stereocenters. The van der Waals surface area contributed by atoms with Crippen molar-refractivity contribution in [1.29, 1.82) is 0 Å². The number of hydrogen-bond donors (Lipinski definition) is 2. The normalized spacial score (nSPS) is 10.6. The average molecular weight is 236 g/mol. The summed E-state index contributed by atoms with van der Waals surface area (Å²) < 4.78 is 0. The molecular weight excluding hydrogens is 220 g/mol. The van der Waals surface area contributed by atoms with E-state index in [0.29, 0.717) is 0 Å². The highest BCUT2D eigenvalue weighted by atomic mass is 32.1. The Kier molecular flexibility index (Phi) is 3.56. The van der Waals surface area contributed by atoms with Crippen molar-refractivity contribution in [2.45, 2.75) is 26.7 Å². The zero-order chi connectivity index (χ0) is 11.4. The third kappa shape index (κ3) is 2.82. The average Bonchev–Trinajstić information content (AvgIpc) is 2.83. The number of aryl methyl sites for hydroxylation is 3. The minimum atomic E-state index is 0.956. The maximum atomic E-state index is 4.35. The minimum Gasteiger partial charge on any atom is -0.362 e. The van der Waals surface area contributed by atoms with Crippen molar-refractivity contribution in [3.05, 3.63) is 28.5 Å². The molecule has 0 aliphatic rings. The van der Waals surface area contributed by atoms with Gasteiger partial charge in [0.25, 0.3) is 0 Å². The Morgan fingerprint density at radius 1 is 1.44 bits per heavy atom. The van der Waals surface area contributed by atoms with Crippen molar-refractivity contribution in [1.82, 2.24) is 15.2 Å². The second-order valence-electron chi connectivity index (χ2n) is 3.84. The Balaban J connectivity index is 1.71. The fourth-order valence-corrected chi connectivity index (χ4v) is 2.25. The number of aromatic amines is 1. The highest BCUT2D eigenvalue weighted by molar-refractivity contribution is 7.13. The fraction of sp³-hybridized carbons (Fsp3) is 0.455. The highest BCUT2D eigenvalue weighted by Gasteiger charge is 2.00. The summed E-state index contributed by atoms with van der Waals surface area (Å²) in [4.78, 5) is 4.35. The van der Waals surface area contributed by atoms with Gasteiger partial charge in [0.05, 0.1) is 11.9 Å². The zero-order valence-corrected chi connectivity index (χ0v) is 10.4. The number of anilines is 1. The molecule has 0 radical (unpaired) electrons. The zero-order valence-electron chi connectivity index (χ0n) is 9.58. The summed E-state index contributed by atoms with van der Waals surface area (Å²) >= 11 is 1.66. The lowest BCUT2D eigenvalue weighted by Crippen LogP contribution is -2.02. The standard InChI is InChI=1S/C11H16N4S/c1-8-7-16-11(14-8)12-5-3-4-10-6-13-15-9(10)2/h6-7H,3-5H2,1-2H3,(H,12,14)(H,13,15). The number of nitrogens with zero attached hydrogens (tertiary/aromatic N) is 2. The van der Waals surface area contributed by atoms with E-state index < -0.39 is 0 Å². The minimum absolute atomic E-state index is 0.956. The van der Waals surface area contributed by atoms with Gasteiger partial charge in [-0.2, -0.15) is 5.10 Å². The Morgan fingerprint density at radius 2 is 2.31 bits per heavy atom. The van der Waals surface area contributed by atoms with Crippen LogP contribution in [0.5, 0.6) is 0 Å². The van der Waals surface area contributed by atoms with E-state index in [2.05, 4.69) is 32.8 Å². The lowest BCUT2D eigenvalue weighted by molar-refractivity contribution is 0.856. The van der Waals surface area contributed by atoms with Gasteiger partial charge in [-0.25, -0.2) is 4.98 Å². The predicted molar refractivity (Wildman–Crippen MR) is 67.0 cm³/mol. The first-order valence-corrected chi connectivity index (χ1v) is 6.28. The van der Waals surface area contributed by atoms with Crippen LogP contribution >= 0.6 is 11.3 Å². The molecule has 0 amide bonds. The molecule has 0 spiro atoms. The van der Waals surface area contributed by atoms with Gasteiger partial charge in [0.2, 0.25) is 0 Å². The molecule has 0 bridgehead atoms. The first-order valence-electron chi connectivity index (χ1n) is 5.40. The number of hydrogen-bond acceptors (Lipinski definition) is 4. The van der Waals surface area contributed by atoms with Gasteiger partial charge in [0, 0.05) is 17.6 Å². The third-order valence-corrected chi connectivity index (χ3v) is 3.37. The third-order valence-electron chi connectivity index (χ3n) is 2.45. The van der Waals surface area contributed by atoms with Gasteiger partial charge in [-0.05, 0) is 32.3 Å². The van der Waals surface area contributed by atoms with Crippen LogP contribution in [-0.4, -0.2) is 21.7 Å². The topological polar surface area (TPSA) is 53.6 Å². The predicted octanol–water partition coefficient (Wildman–Crippen LogP) is 2.53. The van der Waals surface area contributed by atoms with E-state index in [1.807, 2.05) is 13.1 Å². The number of H-pyrrole nitrogens is 1. The van der Waals surface area contributed by atoms with Gasteiger partial charge in [0.1, 0.15) is 0 Å². The van der Waals surface area contributed by atoms with E-state index in [1.54, 1.807) is 11.3 Å². The van der Waals surface area contributed by atoms with Crippen LogP contribution in [0.15, 0.2) is 11.6 Å². The Labute approximate surface area is 99.1 Å². The van der Waals surface area contributed by atoms with Crippen LogP contribution in [0.2, 0.25) is 0 Å². The van der Waals surface area contributed by atoms with Crippen LogP contribution in [0.1, 0.15) is 23.4 Å². The van der Waals surface area contributed by atoms with Gasteiger partial charge in [-0.15, -0.1) is 11.3 Å². The Bertz CT molecular complexity index is 446. The molecule has 2 aromatic rings. The molecule has 2 heterocycles. The van der Waals surface area contributed by atoms with E-state index in [9.17, 15) is 0 Å². The van der Waals surface area contributed by atoms with E-state index in [0.717, 1.165) is 30.2 Å². The van der Waals surface area contributed by atoms with Crippen molar-refractivity contribution < 1.29 is 0 Å². The highest BCUT2D eigenvalue weighted by Crippen LogP contribution is 2.14. The van der Waals surface area contributed by atoms with Crippen LogP contribution < -0.4 is 5.32 Å². The van der Waals surface area contributed by atoms with Crippen molar-refractivity contribution in [2.75, 3.05) is 11.9 Å². The Morgan fingerprint density at radius 3 is 2.94 bits per heavy atom. The fourth-order valence-electron chi connectivity index (χ4n) is 1.54.